The summed E-state index contributed by atoms with van der Waals surface area (Å²) in [6.45, 7) is 7.83. The number of fused-ring (bicyclic) bond motifs is 2. The maximum absolute atomic E-state index is 13.9. The molecular weight excluding hydrogens is 629 g/mol. The lowest BCUT2D eigenvalue weighted by molar-refractivity contribution is -0.131. The van der Waals surface area contributed by atoms with Crippen molar-refractivity contribution in [1.82, 2.24) is 19.8 Å². The van der Waals surface area contributed by atoms with E-state index in [0.29, 0.717) is 31.7 Å². The van der Waals surface area contributed by atoms with Gasteiger partial charge in [0.1, 0.15) is 12.4 Å². The first-order valence-corrected chi connectivity index (χ1v) is 17.6. The molecule has 11 heteroatoms. The Bertz CT molecular complexity index is 1750. The van der Waals surface area contributed by atoms with Crippen molar-refractivity contribution in [2.45, 2.75) is 63.5 Å². The van der Waals surface area contributed by atoms with Gasteiger partial charge in [0.2, 0.25) is 0 Å². The standard InChI is InChI=1S/C37H43ClFN7O2/c1-25(39)35(47)46-21-20-45(23-27(46)12-16-40)34-29-11-13-37(22-31(29)41-36(42-34)48-24-28-8-5-17-43(28)2)14-18-44(19-15-37)32-10-4-7-26-6-3-9-30(38)33(26)32/h3-4,6-7,9-10,27-28H,1,5,8,11-15,17-24H2,2H3/t27-,28-/m0/s1. The van der Waals surface area contributed by atoms with Gasteiger partial charge < -0.3 is 24.3 Å². The molecule has 4 aliphatic rings. The third-order valence-electron chi connectivity index (χ3n) is 11.2. The van der Waals surface area contributed by atoms with Crippen molar-refractivity contribution in [3.8, 4) is 12.1 Å². The van der Waals surface area contributed by atoms with Gasteiger partial charge in [0, 0.05) is 55.4 Å². The van der Waals surface area contributed by atoms with E-state index in [-0.39, 0.29) is 18.4 Å². The summed E-state index contributed by atoms with van der Waals surface area (Å²) in [7, 11) is 2.13. The molecule has 0 unspecified atom stereocenters. The summed E-state index contributed by atoms with van der Waals surface area (Å²) in [5.41, 5.74) is 3.49. The number of hydrogen-bond acceptors (Lipinski definition) is 8. The van der Waals surface area contributed by atoms with Gasteiger partial charge in [-0.25, -0.2) is 4.39 Å². The maximum Gasteiger partial charge on any atom is 0.318 e. The fourth-order valence-electron chi connectivity index (χ4n) is 8.36. The number of ether oxygens (including phenoxy) is 1. The van der Waals surface area contributed by atoms with Crippen LogP contribution in [0.15, 0.2) is 48.8 Å². The number of aromatic nitrogens is 2. The molecule has 1 aliphatic carbocycles. The van der Waals surface area contributed by atoms with Crippen LogP contribution in [0, 0.1) is 16.7 Å². The topological polar surface area (TPSA) is 88.8 Å². The van der Waals surface area contributed by atoms with E-state index in [2.05, 4.69) is 58.7 Å². The SMILES string of the molecule is C=C(F)C(=O)N1CCN(c2nc(OC[C@@H]3CCCN3C)nc3c2CCC2(CCN(c4cccc5cccc(Cl)c45)CC2)C3)C[C@@H]1CC#N. The van der Waals surface area contributed by atoms with Gasteiger partial charge in [-0.05, 0) is 81.5 Å². The highest BCUT2D eigenvalue weighted by Gasteiger charge is 2.41. The van der Waals surface area contributed by atoms with Gasteiger partial charge in [-0.1, -0.05) is 42.4 Å². The van der Waals surface area contributed by atoms with Crippen molar-refractivity contribution in [2.24, 2.45) is 5.41 Å². The summed E-state index contributed by atoms with van der Waals surface area (Å²) in [5.74, 6) is -0.928. The normalized spacial score (nSPS) is 22.5. The Morgan fingerprint density at radius 1 is 1.08 bits per heavy atom. The summed E-state index contributed by atoms with van der Waals surface area (Å²) in [6, 6.07) is 14.9. The van der Waals surface area contributed by atoms with Crippen LogP contribution in [0.3, 0.4) is 0 Å². The lowest BCUT2D eigenvalue weighted by Gasteiger charge is -2.46. The van der Waals surface area contributed by atoms with E-state index >= 15 is 0 Å². The zero-order valence-electron chi connectivity index (χ0n) is 27.6. The minimum Gasteiger partial charge on any atom is -0.462 e. The molecule has 3 saturated heterocycles. The summed E-state index contributed by atoms with van der Waals surface area (Å²) in [5, 5.41) is 12.6. The highest BCUT2D eigenvalue weighted by molar-refractivity contribution is 6.36. The van der Waals surface area contributed by atoms with E-state index in [1.165, 1.54) is 10.6 Å². The number of amides is 1. The highest BCUT2D eigenvalue weighted by atomic mass is 35.5. The number of piperazine rings is 1. The van der Waals surface area contributed by atoms with Crippen LogP contribution in [0.1, 0.15) is 49.8 Å². The highest BCUT2D eigenvalue weighted by Crippen LogP contribution is 2.47. The van der Waals surface area contributed by atoms with Crippen LogP contribution in [-0.2, 0) is 17.6 Å². The van der Waals surface area contributed by atoms with Crippen molar-refractivity contribution >= 4 is 39.8 Å². The Labute approximate surface area is 286 Å². The number of nitriles is 1. The van der Waals surface area contributed by atoms with Gasteiger partial charge in [-0.3, -0.25) is 4.79 Å². The third-order valence-corrected chi connectivity index (χ3v) is 11.5. The second-order valence-corrected chi connectivity index (χ2v) is 14.4. The van der Waals surface area contributed by atoms with Crippen LogP contribution >= 0.6 is 11.6 Å². The lowest BCUT2D eigenvalue weighted by atomic mass is 9.67. The summed E-state index contributed by atoms with van der Waals surface area (Å²) in [4.78, 5) is 31.0. The van der Waals surface area contributed by atoms with Gasteiger partial charge in [-0.2, -0.15) is 15.2 Å². The van der Waals surface area contributed by atoms with E-state index in [1.54, 1.807) is 0 Å². The second kappa shape index (κ2) is 13.5. The Morgan fingerprint density at radius 3 is 2.60 bits per heavy atom. The summed E-state index contributed by atoms with van der Waals surface area (Å²) < 4.78 is 20.2. The first kappa shape index (κ1) is 32.6. The zero-order chi connectivity index (χ0) is 33.4. The predicted octanol–water partition coefficient (Wildman–Crippen LogP) is 5.95. The quantitative estimate of drug-likeness (QED) is 0.285. The number of likely N-dealkylation sites (tertiary alicyclic amines) is 1. The molecule has 0 radical (unpaired) electrons. The van der Waals surface area contributed by atoms with E-state index in [4.69, 9.17) is 26.3 Å². The first-order valence-electron chi connectivity index (χ1n) is 17.2. The molecule has 3 aliphatic heterocycles. The van der Waals surface area contributed by atoms with Crippen LogP contribution < -0.4 is 14.5 Å². The second-order valence-electron chi connectivity index (χ2n) is 14.0. The van der Waals surface area contributed by atoms with Crippen molar-refractivity contribution in [2.75, 3.05) is 62.7 Å². The summed E-state index contributed by atoms with van der Waals surface area (Å²) >= 11 is 6.70. The fourth-order valence-corrected chi connectivity index (χ4v) is 8.64. The molecule has 252 valence electrons. The molecule has 1 aromatic heterocycles. The van der Waals surface area contributed by atoms with Gasteiger partial charge in [-0.15, -0.1) is 0 Å². The average Bonchev–Trinajstić information content (AvgIpc) is 3.51. The van der Waals surface area contributed by atoms with Crippen molar-refractivity contribution in [3.05, 3.63) is 65.1 Å². The average molecular weight is 672 g/mol. The molecule has 2 aromatic carbocycles. The number of rotatable bonds is 7. The zero-order valence-corrected chi connectivity index (χ0v) is 28.4. The number of nitrogens with zero attached hydrogens (tertiary/aromatic N) is 7. The van der Waals surface area contributed by atoms with Crippen LogP contribution in [0.2, 0.25) is 5.02 Å². The molecule has 48 heavy (non-hydrogen) atoms. The molecule has 7 rings (SSSR count). The number of piperidine rings is 1. The number of likely N-dealkylation sites (N-methyl/N-ethyl adjacent to an activating group) is 1. The van der Waals surface area contributed by atoms with Gasteiger partial charge >= 0.3 is 6.01 Å². The number of carbonyl (C=O) groups is 1. The molecule has 0 bridgehead atoms. The number of carbonyl (C=O) groups excluding carboxylic acids is 1. The van der Waals surface area contributed by atoms with Crippen molar-refractivity contribution < 1.29 is 13.9 Å². The van der Waals surface area contributed by atoms with Crippen molar-refractivity contribution in [1.29, 1.82) is 5.26 Å². The van der Waals surface area contributed by atoms with Gasteiger partial charge in [0.15, 0.2) is 5.83 Å². The van der Waals surface area contributed by atoms with Crippen LogP contribution in [0.4, 0.5) is 15.9 Å². The Hall–Kier alpha value is -3.94. The molecule has 9 nitrogen and oxygen atoms in total. The molecule has 1 amide bonds. The number of anilines is 2. The molecule has 4 heterocycles. The van der Waals surface area contributed by atoms with E-state index in [0.717, 1.165) is 97.5 Å². The Balaban J connectivity index is 1.15. The molecule has 2 atom stereocenters. The van der Waals surface area contributed by atoms with Gasteiger partial charge in [0.25, 0.3) is 5.91 Å². The number of benzene rings is 2. The van der Waals surface area contributed by atoms with Crippen LogP contribution in [0.25, 0.3) is 10.8 Å². The largest absolute Gasteiger partial charge is 0.462 e. The number of hydrogen-bond donors (Lipinski definition) is 0. The molecule has 3 aromatic rings. The maximum atomic E-state index is 13.9. The Kier molecular flexibility index (Phi) is 9.18. The van der Waals surface area contributed by atoms with Crippen LogP contribution in [-0.4, -0.2) is 90.7 Å². The lowest BCUT2D eigenvalue weighted by Crippen LogP contribution is -2.55. The molecule has 3 fully saturated rings. The smallest absolute Gasteiger partial charge is 0.318 e. The molecular formula is C37H43ClFN7O2. The third kappa shape index (κ3) is 6.30. The minimum absolute atomic E-state index is 0.0989. The molecule has 0 N–H and O–H groups in total. The first-order chi connectivity index (χ1) is 23.2. The fraction of sp³-hybridized carbons (Fsp3) is 0.514. The monoisotopic (exact) mass is 671 g/mol. The van der Waals surface area contributed by atoms with Gasteiger partial charge in [0.05, 0.1) is 29.2 Å². The van der Waals surface area contributed by atoms with Crippen LogP contribution in [0.5, 0.6) is 6.01 Å². The Morgan fingerprint density at radius 2 is 1.88 bits per heavy atom. The van der Waals surface area contributed by atoms with E-state index in [1.807, 2.05) is 12.1 Å². The summed E-state index contributed by atoms with van der Waals surface area (Å²) in [6.07, 6.45) is 7.17. The molecule has 1 spiro atoms. The predicted molar refractivity (Wildman–Crippen MR) is 186 cm³/mol. The van der Waals surface area contributed by atoms with Crippen molar-refractivity contribution in [3.63, 3.8) is 0 Å². The molecule has 0 saturated carbocycles. The minimum atomic E-state index is -1.00. The van der Waals surface area contributed by atoms with E-state index < -0.39 is 17.8 Å². The van der Waals surface area contributed by atoms with E-state index in [9.17, 15) is 14.4 Å². The number of halogens is 2.